The highest BCUT2D eigenvalue weighted by Crippen LogP contribution is 2.57. The van der Waals surface area contributed by atoms with Gasteiger partial charge in [0, 0.05) is 18.3 Å². The van der Waals surface area contributed by atoms with Crippen LogP contribution in [0.3, 0.4) is 0 Å². The van der Waals surface area contributed by atoms with Crippen molar-refractivity contribution < 1.29 is 57.6 Å². The van der Waals surface area contributed by atoms with Crippen LogP contribution in [0.5, 0.6) is 28.7 Å². The van der Waals surface area contributed by atoms with E-state index in [2.05, 4.69) is 0 Å². The number of aliphatic hydroxyl groups excluding tert-OH is 1. The third kappa shape index (κ3) is 4.36. The van der Waals surface area contributed by atoms with Crippen LogP contribution in [0.25, 0.3) is 0 Å². The van der Waals surface area contributed by atoms with Gasteiger partial charge < -0.3 is 52.8 Å². The lowest BCUT2D eigenvalue weighted by molar-refractivity contribution is -0.340. The number of methoxy groups -OCH3 is 2. The Hall–Kier alpha value is -3.29. The van der Waals surface area contributed by atoms with Gasteiger partial charge >= 0.3 is 5.97 Å². The van der Waals surface area contributed by atoms with Crippen LogP contribution in [0.15, 0.2) is 24.3 Å². The van der Waals surface area contributed by atoms with Gasteiger partial charge in [0.05, 0.1) is 45.6 Å². The van der Waals surface area contributed by atoms with E-state index in [1.54, 1.807) is 19.1 Å². The van der Waals surface area contributed by atoms with E-state index in [9.17, 15) is 15.0 Å². The first-order valence-corrected chi connectivity index (χ1v) is 13.7. The highest BCUT2D eigenvalue weighted by molar-refractivity contribution is 5.79. The zero-order valence-corrected chi connectivity index (χ0v) is 22.8. The summed E-state index contributed by atoms with van der Waals surface area (Å²) in [5.74, 6) is -0.585. The second kappa shape index (κ2) is 10.2. The fourth-order valence-electron chi connectivity index (χ4n) is 6.70. The molecule has 3 saturated heterocycles. The summed E-state index contributed by atoms with van der Waals surface area (Å²) in [7, 11) is 2.90. The Morgan fingerprint density at radius 3 is 2.32 bits per heavy atom. The van der Waals surface area contributed by atoms with Crippen LogP contribution in [0.1, 0.15) is 42.1 Å². The molecule has 9 atom stereocenters. The third-order valence-corrected chi connectivity index (χ3v) is 8.63. The molecule has 0 spiro atoms. The summed E-state index contributed by atoms with van der Waals surface area (Å²) in [4.78, 5) is 13.4. The number of fused-ring (bicyclic) bond motifs is 4. The molecule has 4 aliphatic heterocycles. The highest BCUT2D eigenvalue weighted by atomic mass is 16.7. The van der Waals surface area contributed by atoms with Gasteiger partial charge in [0.25, 0.3) is 0 Å². The number of aliphatic hydroxyl groups is 1. The number of carbonyl (C=O) groups is 1. The average Bonchev–Trinajstić information content (AvgIpc) is 3.59. The van der Waals surface area contributed by atoms with Crippen molar-refractivity contribution >= 4 is 5.97 Å². The number of aromatic hydroxyl groups is 1. The average molecular weight is 573 g/mol. The molecule has 0 radical (unpaired) electrons. The molecule has 0 amide bonds. The first-order valence-electron chi connectivity index (χ1n) is 13.7. The molecule has 0 unspecified atom stereocenters. The van der Waals surface area contributed by atoms with Crippen molar-refractivity contribution in [1.82, 2.24) is 0 Å². The molecule has 41 heavy (non-hydrogen) atoms. The fraction of sp³-hybridized carbons (Fsp3) is 0.552. The van der Waals surface area contributed by atoms with Gasteiger partial charge in [-0.1, -0.05) is 0 Å². The maximum atomic E-state index is 13.4. The number of benzene rings is 2. The molecule has 0 bridgehead atoms. The van der Waals surface area contributed by atoms with E-state index in [4.69, 9.17) is 42.6 Å². The van der Waals surface area contributed by atoms with E-state index in [1.165, 1.54) is 14.2 Å². The maximum absolute atomic E-state index is 13.4. The van der Waals surface area contributed by atoms with E-state index in [-0.39, 0.29) is 49.0 Å². The van der Waals surface area contributed by atoms with Gasteiger partial charge in [-0.3, -0.25) is 4.79 Å². The van der Waals surface area contributed by atoms with E-state index in [0.717, 1.165) is 11.1 Å². The van der Waals surface area contributed by atoms with Gasteiger partial charge in [-0.05, 0) is 47.9 Å². The second-order valence-electron chi connectivity index (χ2n) is 10.9. The first-order chi connectivity index (χ1) is 19.9. The molecule has 4 heterocycles. The van der Waals surface area contributed by atoms with Crippen molar-refractivity contribution in [3.8, 4) is 28.7 Å². The monoisotopic (exact) mass is 572 g/mol. The molecular weight excluding hydrogens is 540 g/mol. The molecular formula is C29H32O12. The number of phenols is 1. The van der Waals surface area contributed by atoms with E-state index < -0.39 is 42.4 Å². The van der Waals surface area contributed by atoms with Gasteiger partial charge in [0.15, 0.2) is 35.6 Å². The standard InChI is InChI=1S/C29H32O12/c1-12-35-10-23-20(39-12)8-17(30)29(40-23)41-27-15-7-19-18(37-11-38-19)6-14(15)24(25-16(27)9-36-28(25)32)13-4-21(33-2)26(31)22(5-13)34-3/h4-7,12,16-17,20,23-25,27,29-31H,8-11H2,1-3H3/t12-,16+,17-,20+,23-,24-,25+,27-,29+/m1/s1. The summed E-state index contributed by atoms with van der Waals surface area (Å²) in [5, 5.41) is 21.6. The highest BCUT2D eigenvalue weighted by Gasteiger charge is 2.55. The minimum atomic E-state index is -0.984. The van der Waals surface area contributed by atoms with Crippen LogP contribution >= 0.6 is 0 Å². The Bertz CT molecular complexity index is 1320. The van der Waals surface area contributed by atoms with Crippen LogP contribution in [0.2, 0.25) is 0 Å². The van der Waals surface area contributed by atoms with Gasteiger partial charge in [-0.2, -0.15) is 0 Å². The summed E-state index contributed by atoms with van der Waals surface area (Å²) in [5.41, 5.74) is 2.20. The normalized spacial score (nSPS) is 35.2. The minimum absolute atomic E-state index is 0.0656. The van der Waals surface area contributed by atoms with Gasteiger partial charge in [-0.25, -0.2) is 0 Å². The molecule has 2 N–H and O–H groups in total. The molecule has 12 nitrogen and oxygen atoms in total. The van der Waals surface area contributed by atoms with E-state index in [1.807, 2.05) is 12.1 Å². The Balaban J connectivity index is 1.31. The van der Waals surface area contributed by atoms with E-state index in [0.29, 0.717) is 30.1 Å². The van der Waals surface area contributed by atoms with Crippen molar-refractivity contribution in [3.05, 3.63) is 41.0 Å². The molecule has 0 saturated carbocycles. The topological polar surface area (TPSA) is 141 Å². The number of esters is 1. The summed E-state index contributed by atoms with van der Waals surface area (Å²) >= 11 is 0. The minimum Gasteiger partial charge on any atom is -0.502 e. The number of ether oxygens (including phenoxy) is 9. The Morgan fingerprint density at radius 1 is 0.902 bits per heavy atom. The number of carbonyl (C=O) groups excluding carboxylic acids is 1. The van der Waals surface area contributed by atoms with Crippen molar-refractivity contribution in [2.45, 2.75) is 56.3 Å². The Labute approximate surface area is 235 Å². The van der Waals surface area contributed by atoms with Crippen LogP contribution in [0.4, 0.5) is 0 Å². The summed E-state index contributed by atoms with van der Waals surface area (Å²) in [6, 6.07) is 7.10. The predicted octanol–water partition coefficient (Wildman–Crippen LogP) is 2.37. The molecule has 2 aromatic carbocycles. The van der Waals surface area contributed by atoms with Gasteiger partial charge in [-0.15, -0.1) is 0 Å². The molecule has 2 aromatic rings. The van der Waals surface area contributed by atoms with Crippen LogP contribution in [-0.4, -0.2) is 81.3 Å². The zero-order chi connectivity index (χ0) is 28.4. The largest absolute Gasteiger partial charge is 0.502 e. The second-order valence-corrected chi connectivity index (χ2v) is 10.9. The fourth-order valence-corrected chi connectivity index (χ4v) is 6.70. The van der Waals surface area contributed by atoms with Crippen molar-refractivity contribution in [1.29, 1.82) is 0 Å². The number of cyclic esters (lactones) is 1. The predicted molar refractivity (Wildman–Crippen MR) is 137 cm³/mol. The molecule has 220 valence electrons. The molecule has 3 fully saturated rings. The van der Waals surface area contributed by atoms with Gasteiger partial charge in [0.1, 0.15) is 12.2 Å². The zero-order valence-electron chi connectivity index (χ0n) is 22.8. The molecule has 5 aliphatic rings. The SMILES string of the molecule is COc1cc([C@@H]2c3cc4c(cc3[C@@H](O[C@@H]3O[C@@H]5CO[C@@H](C)O[C@H]5C[C@H]3O)[C@H]3COC(=O)[C@H]23)OCO4)cc(OC)c1O. The Kier molecular flexibility index (Phi) is 6.62. The van der Waals surface area contributed by atoms with Gasteiger partial charge in [0.2, 0.25) is 12.5 Å². The molecule has 7 rings (SSSR count). The number of hydrogen-bond donors (Lipinski definition) is 2. The molecule has 12 heteroatoms. The maximum Gasteiger partial charge on any atom is 0.310 e. The lowest BCUT2D eigenvalue weighted by Crippen LogP contribution is -2.55. The van der Waals surface area contributed by atoms with E-state index >= 15 is 0 Å². The molecule has 1 aliphatic carbocycles. The number of phenolic OH excluding ortho intramolecular Hbond substituents is 1. The summed E-state index contributed by atoms with van der Waals surface area (Å²) in [6.45, 7) is 2.31. The molecule has 0 aromatic heterocycles. The Morgan fingerprint density at radius 2 is 1.61 bits per heavy atom. The lowest BCUT2D eigenvalue weighted by Gasteiger charge is -2.45. The van der Waals surface area contributed by atoms with Crippen molar-refractivity contribution in [2.75, 3.05) is 34.2 Å². The number of hydrogen-bond acceptors (Lipinski definition) is 12. The van der Waals surface area contributed by atoms with Crippen LogP contribution in [0, 0.1) is 11.8 Å². The summed E-state index contributed by atoms with van der Waals surface area (Å²) in [6.07, 6.45) is -3.39. The smallest absolute Gasteiger partial charge is 0.310 e. The van der Waals surface area contributed by atoms with Crippen molar-refractivity contribution in [3.63, 3.8) is 0 Å². The number of rotatable bonds is 5. The quantitative estimate of drug-likeness (QED) is 0.508. The van der Waals surface area contributed by atoms with Crippen LogP contribution in [-0.2, 0) is 28.5 Å². The van der Waals surface area contributed by atoms with Crippen LogP contribution < -0.4 is 18.9 Å². The summed E-state index contributed by atoms with van der Waals surface area (Å²) < 4.78 is 52.0. The van der Waals surface area contributed by atoms with Crippen molar-refractivity contribution in [2.24, 2.45) is 11.8 Å². The first kappa shape index (κ1) is 26.6. The lowest BCUT2D eigenvalue weighted by atomic mass is 9.66. The third-order valence-electron chi connectivity index (χ3n) is 8.63.